The standard InChI is InChI=1S/C16H27N3O2/c1-11-12(2)21-13(3)14(11)15(20)18-6-8-19(9-7-18)16(4,5)10-17/h6-10,17H2,1-5H3. The van der Waals surface area contributed by atoms with E-state index in [9.17, 15) is 4.79 Å². The van der Waals surface area contributed by atoms with Crippen molar-refractivity contribution >= 4 is 5.91 Å². The summed E-state index contributed by atoms with van der Waals surface area (Å²) in [5, 5.41) is 0. The third-order valence-corrected chi connectivity index (χ3v) is 4.70. The maximum absolute atomic E-state index is 12.7. The summed E-state index contributed by atoms with van der Waals surface area (Å²) in [6, 6.07) is 0. The number of rotatable bonds is 3. The molecule has 0 atom stereocenters. The Kier molecular flexibility index (Phi) is 4.44. The van der Waals surface area contributed by atoms with E-state index in [1.165, 1.54) is 0 Å². The largest absolute Gasteiger partial charge is 0.466 e. The van der Waals surface area contributed by atoms with E-state index in [1.54, 1.807) is 0 Å². The molecule has 21 heavy (non-hydrogen) atoms. The van der Waals surface area contributed by atoms with Crippen LogP contribution in [0.4, 0.5) is 0 Å². The Morgan fingerprint density at radius 3 is 2.14 bits per heavy atom. The summed E-state index contributed by atoms with van der Waals surface area (Å²) >= 11 is 0. The minimum Gasteiger partial charge on any atom is -0.466 e. The van der Waals surface area contributed by atoms with E-state index < -0.39 is 0 Å². The van der Waals surface area contributed by atoms with Crippen molar-refractivity contribution in [2.45, 2.75) is 40.2 Å². The first-order valence-corrected chi connectivity index (χ1v) is 7.59. The van der Waals surface area contributed by atoms with Gasteiger partial charge in [-0.05, 0) is 34.6 Å². The third-order valence-electron chi connectivity index (χ3n) is 4.70. The van der Waals surface area contributed by atoms with Crippen molar-refractivity contribution in [3.05, 3.63) is 22.6 Å². The van der Waals surface area contributed by atoms with Gasteiger partial charge in [0.1, 0.15) is 11.5 Å². The molecule has 1 aliphatic heterocycles. The molecule has 1 amide bonds. The van der Waals surface area contributed by atoms with Crippen LogP contribution in [0.5, 0.6) is 0 Å². The molecular formula is C16H27N3O2. The van der Waals surface area contributed by atoms with Crippen LogP contribution in [0.15, 0.2) is 4.42 Å². The number of hydrogen-bond acceptors (Lipinski definition) is 4. The number of carbonyl (C=O) groups excluding carboxylic acids is 1. The van der Waals surface area contributed by atoms with Gasteiger partial charge < -0.3 is 15.1 Å². The Morgan fingerprint density at radius 1 is 1.14 bits per heavy atom. The number of amides is 1. The van der Waals surface area contributed by atoms with Gasteiger partial charge in [-0.15, -0.1) is 0 Å². The van der Waals surface area contributed by atoms with Crippen LogP contribution < -0.4 is 5.73 Å². The fourth-order valence-electron chi connectivity index (χ4n) is 2.91. The first-order valence-electron chi connectivity index (χ1n) is 7.59. The predicted molar refractivity (Wildman–Crippen MR) is 83.5 cm³/mol. The molecule has 118 valence electrons. The van der Waals surface area contributed by atoms with Gasteiger partial charge in [0.25, 0.3) is 5.91 Å². The first kappa shape index (κ1) is 16.0. The lowest BCUT2D eigenvalue weighted by molar-refractivity contribution is 0.0424. The minimum absolute atomic E-state index is 0.00675. The van der Waals surface area contributed by atoms with Gasteiger partial charge in [-0.1, -0.05) is 0 Å². The van der Waals surface area contributed by atoms with E-state index in [-0.39, 0.29) is 11.4 Å². The molecule has 2 rings (SSSR count). The topological polar surface area (TPSA) is 62.7 Å². The fraction of sp³-hybridized carbons (Fsp3) is 0.688. The van der Waals surface area contributed by atoms with Gasteiger partial charge in [0.15, 0.2) is 0 Å². The van der Waals surface area contributed by atoms with Gasteiger partial charge in [0.2, 0.25) is 0 Å². The van der Waals surface area contributed by atoms with Crippen molar-refractivity contribution in [2.75, 3.05) is 32.7 Å². The number of nitrogens with two attached hydrogens (primary N) is 1. The van der Waals surface area contributed by atoms with Crippen molar-refractivity contribution < 1.29 is 9.21 Å². The molecular weight excluding hydrogens is 266 g/mol. The average Bonchev–Trinajstić information content (AvgIpc) is 2.71. The quantitative estimate of drug-likeness (QED) is 0.921. The number of furan rings is 1. The van der Waals surface area contributed by atoms with Gasteiger partial charge in [-0.25, -0.2) is 0 Å². The van der Waals surface area contributed by atoms with Crippen molar-refractivity contribution in [1.82, 2.24) is 9.80 Å². The van der Waals surface area contributed by atoms with Crippen molar-refractivity contribution in [1.29, 1.82) is 0 Å². The van der Waals surface area contributed by atoms with Gasteiger partial charge in [-0.2, -0.15) is 0 Å². The predicted octanol–water partition coefficient (Wildman–Crippen LogP) is 1.70. The summed E-state index contributed by atoms with van der Waals surface area (Å²) in [6.07, 6.45) is 0. The van der Waals surface area contributed by atoms with E-state index >= 15 is 0 Å². The second-order valence-electron chi connectivity index (χ2n) is 6.51. The molecule has 1 saturated heterocycles. The van der Waals surface area contributed by atoms with Crippen LogP contribution in [0.2, 0.25) is 0 Å². The van der Waals surface area contributed by atoms with Crippen LogP contribution in [0, 0.1) is 20.8 Å². The molecule has 1 aliphatic rings. The zero-order valence-electron chi connectivity index (χ0n) is 13.8. The maximum atomic E-state index is 12.7. The summed E-state index contributed by atoms with van der Waals surface area (Å²) in [6.45, 7) is 13.9. The zero-order valence-corrected chi connectivity index (χ0v) is 13.8. The molecule has 1 aromatic heterocycles. The SMILES string of the molecule is Cc1oc(C)c(C(=O)N2CCN(C(C)(C)CN)CC2)c1C. The lowest BCUT2D eigenvalue weighted by Gasteiger charge is -2.43. The number of nitrogens with zero attached hydrogens (tertiary/aromatic N) is 2. The number of hydrogen-bond donors (Lipinski definition) is 1. The Balaban J connectivity index is 2.07. The highest BCUT2D eigenvalue weighted by Crippen LogP contribution is 2.24. The third kappa shape index (κ3) is 2.99. The van der Waals surface area contributed by atoms with Crippen molar-refractivity contribution in [2.24, 2.45) is 5.73 Å². The molecule has 0 bridgehead atoms. The lowest BCUT2D eigenvalue weighted by Crippen LogP contribution is -2.58. The lowest BCUT2D eigenvalue weighted by atomic mass is 10.0. The molecule has 2 heterocycles. The average molecular weight is 293 g/mol. The van der Waals surface area contributed by atoms with Crippen LogP contribution in [0.25, 0.3) is 0 Å². The van der Waals surface area contributed by atoms with Crippen molar-refractivity contribution in [3.63, 3.8) is 0 Å². The summed E-state index contributed by atoms with van der Waals surface area (Å²) in [7, 11) is 0. The van der Waals surface area contributed by atoms with Crippen LogP contribution in [-0.2, 0) is 0 Å². The van der Waals surface area contributed by atoms with E-state index in [0.717, 1.165) is 48.8 Å². The van der Waals surface area contributed by atoms with Gasteiger partial charge in [0, 0.05) is 43.8 Å². The molecule has 5 nitrogen and oxygen atoms in total. The van der Waals surface area contributed by atoms with Gasteiger partial charge in [0.05, 0.1) is 5.56 Å². The van der Waals surface area contributed by atoms with Crippen LogP contribution in [0.3, 0.4) is 0 Å². The molecule has 0 aliphatic carbocycles. The Morgan fingerprint density at radius 2 is 1.71 bits per heavy atom. The first-order chi connectivity index (χ1) is 9.77. The molecule has 5 heteroatoms. The van der Waals surface area contributed by atoms with Crippen molar-refractivity contribution in [3.8, 4) is 0 Å². The molecule has 2 N–H and O–H groups in total. The number of carbonyl (C=O) groups is 1. The van der Waals surface area contributed by atoms with Crippen LogP contribution in [-0.4, -0.2) is 54.0 Å². The summed E-state index contributed by atoms with van der Waals surface area (Å²) in [5.41, 5.74) is 7.52. The van der Waals surface area contributed by atoms with E-state index in [4.69, 9.17) is 10.2 Å². The Hall–Kier alpha value is -1.33. The van der Waals surface area contributed by atoms with E-state index in [1.807, 2.05) is 25.7 Å². The molecule has 0 saturated carbocycles. The minimum atomic E-state index is -0.00675. The molecule has 0 unspecified atom stereocenters. The Labute approximate surface area is 127 Å². The summed E-state index contributed by atoms with van der Waals surface area (Å²) in [5.74, 6) is 1.64. The summed E-state index contributed by atoms with van der Waals surface area (Å²) < 4.78 is 5.58. The smallest absolute Gasteiger partial charge is 0.257 e. The van der Waals surface area contributed by atoms with Crippen LogP contribution >= 0.6 is 0 Å². The highest BCUT2D eigenvalue weighted by Gasteiger charge is 2.32. The van der Waals surface area contributed by atoms with E-state index in [0.29, 0.717) is 6.54 Å². The number of piperazine rings is 1. The summed E-state index contributed by atoms with van der Waals surface area (Å²) in [4.78, 5) is 17.0. The zero-order chi connectivity index (χ0) is 15.8. The second-order valence-corrected chi connectivity index (χ2v) is 6.51. The molecule has 1 aromatic rings. The highest BCUT2D eigenvalue weighted by atomic mass is 16.3. The molecule has 1 fully saturated rings. The van der Waals surface area contributed by atoms with E-state index in [2.05, 4.69) is 18.7 Å². The second kappa shape index (κ2) is 5.81. The normalized spacial score (nSPS) is 17.3. The maximum Gasteiger partial charge on any atom is 0.257 e. The Bertz CT molecular complexity index is 526. The van der Waals surface area contributed by atoms with Gasteiger partial charge >= 0.3 is 0 Å². The highest BCUT2D eigenvalue weighted by molar-refractivity contribution is 5.97. The van der Waals surface area contributed by atoms with Crippen LogP contribution in [0.1, 0.15) is 41.3 Å². The molecule has 0 spiro atoms. The van der Waals surface area contributed by atoms with Gasteiger partial charge in [-0.3, -0.25) is 9.69 Å². The molecule has 0 aromatic carbocycles. The molecule has 0 radical (unpaired) electrons. The monoisotopic (exact) mass is 293 g/mol. The number of aryl methyl sites for hydroxylation is 2. The fourth-order valence-corrected chi connectivity index (χ4v) is 2.91.